The number of nitrogens with zero attached hydrogens (tertiary/aromatic N) is 5. The third-order valence-corrected chi connectivity index (χ3v) is 6.67. The number of benzene rings is 1. The lowest BCUT2D eigenvalue weighted by Gasteiger charge is -2.31. The minimum atomic E-state index is -0.310. The van der Waals surface area contributed by atoms with Crippen molar-refractivity contribution in [3.8, 4) is 11.4 Å². The molecular formula is C25H25N9O. The summed E-state index contributed by atoms with van der Waals surface area (Å²) in [4.78, 5) is 26.5. The van der Waals surface area contributed by atoms with Gasteiger partial charge in [-0.1, -0.05) is 18.2 Å². The zero-order valence-electron chi connectivity index (χ0n) is 19.0. The molecule has 2 fully saturated rings. The number of anilines is 2. The lowest BCUT2D eigenvalue weighted by atomic mass is 9.83. The van der Waals surface area contributed by atoms with Crippen LogP contribution < -0.4 is 21.5 Å². The number of hydrogen-bond donors (Lipinski definition) is 4. The summed E-state index contributed by atoms with van der Waals surface area (Å²) in [5, 5.41) is 14.8. The van der Waals surface area contributed by atoms with Gasteiger partial charge in [-0.3, -0.25) is 15.6 Å². The van der Waals surface area contributed by atoms with Crippen molar-refractivity contribution in [2.24, 2.45) is 5.92 Å². The van der Waals surface area contributed by atoms with Crippen LogP contribution in [0.3, 0.4) is 0 Å². The summed E-state index contributed by atoms with van der Waals surface area (Å²) in [7, 11) is 0. The van der Waals surface area contributed by atoms with Crippen molar-refractivity contribution in [1.82, 2.24) is 36.0 Å². The highest BCUT2D eigenvalue weighted by atomic mass is 16.1. The number of carbonyl (C=O) groups is 1. The van der Waals surface area contributed by atoms with Crippen LogP contribution in [0.2, 0.25) is 0 Å². The van der Waals surface area contributed by atoms with Gasteiger partial charge in [-0.15, -0.1) is 0 Å². The minimum Gasteiger partial charge on any atom is -0.367 e. The molecule has 1 aliphatic carbocycles. The Morgan fingerprint density at radius 2 is 1.94 bits per heavy atom. The Balaban J connectivity index is 1.21. The van der Waals surface area contributed by atoms with Crippen LogP contribution >= 0.6 is 0 Å². The smallest absolute Gasteiger partial charge is 0.274 e. The second-order valence-electron chi connectivity index (χ2n) is 9.00. The number of fused-ring (bicyclic) bond motifs is 2. The van der Waals surface area contributed by atoms with Gasteiger partial charge in [-0.05, 0) is 49.4 Å². The summed E-state index contributed by atoms with van der Waals surface area (Å²) in [6.07, 6.45) is 8.16. The number of aromatic nitrogens is 5. The molecule has 0 radical (unpaired) electrons. The molecule has 10 heteroatoms. The summed E-state index contributed by atoms with van der Waals surface area (Å²) >= 11 is 0. The molecule has 3 atom stereocenters. The molecule has 4 aromatic rings. The van der Waals surface area contributed by atoms with Crippen LogP contribution in [0.15, 0.2) is 61.1 Å². The fraction of sp³-hybridized carbons (Fsp3) is 0.280. The van der Waals surface area contributed by atoms with Crippen molar-refractivity contribution in [2.45, 2.75) is 31.3 Å². The number of hydrogen-bond acceptors (Lipinski definition) is 9. The van der Waals surface area contributed by atoms with E-state index in [2.05, 4.69) is 41.7 Å². The first-order chi connectivity index (χ1) is 17.2. The molecule has 2 aliphatic rings. The molecular weight excluding hydrogens is 442 g/mol. The van der Waals surface area contributed by atoms with Crippen LogP contribution in [0.5, 0.6) is 0 Å². The van der Waals surface area contributed by atoms with Crippen LogP contribution in [-0.2, 0) is 0 Å². The first kappa shape index (κ1) is 21.5. The summed E-state index contributed by atoms with van der Waals surface area (Å²) < 4.78 is 0. The first-order valence-electron chi connectivity index (χ1n) is 11.8. The van der Waals surface area contributed by atoms with Crippen LogP contribution in [-0.4, -0.2) is 49.7 Å². The normalized spacial score (nSPS) is 21.4. The van der Waals surface area contributed by atoms with Gasteiger partial charge in [0.1, 0.15) is 11.5 Å². The predicted molar refractivity (Wildman–Crippen MR) is 132 cm³/mol. The SMILES string of the molecule is O=C(Nc1ccnnc1)c1ccc2ccc(-c3nccc(NC4CCC5NNCC5C4)n3)cc2n1. The van der Waals surface area contributed by atoms with Crippen molar-refractivity contribution in [3.05, 3.63) is 66.7 Å². The van der Waals surface area contributed by atoms with E-state index >= 15 is 0 Å². The maximum atomic E-state index is 12.7. The molecule has 3 unspecified atom stereocenters. The number of pyridine rings is 1. The molecule has 1 amide bonds. The van der Waals surface area contributed by atoms with Crippen LogP contribution in [0, 0.1) is 5.92 Å². The zero-order chi connectivity index (χ0) is 23.6. The average Bonchev–Trinajstić information content (AvgIpc) is 3.37. The highest BCUT2D eigenvalue weighted by molar-refractivity contribution is 6.04. The lowest BCUT2D eigenvalue weighted by Crippen LogP contribution is -2.39. The Morgan fingerprint density at radius 1 is 1.00 bits per heavy atom. The zero-order valence-corrected chi connectivity index (χ0v) is 19.0. The van der Waals surface area contributed by atoms with Crippen molar-refractivity contribution in [2.75, 3.05) is 17.2 Å². The topological polar surface area (TPSA) is 130 Å². The first-order valence-corrected chi connectivity index (χ1v) is 11.8. The molecule has 0 spiro atoms. The Morgan fingerprint density at radius 3 is 2.86 bits per heavy atom. The summed E-state index contributed by atoms with van der Waals surface area (Å²) in [6.45, 7) is 1.02. The number of nitrogens with one attached hydrogen (secondary N) is 4. The standard InChI is InChI=1S/C25H25N9O/c35-25(31-19-7-10-27-28-14-19)21-5-3-15-1-2-16(12-22(15)32-21)24-26-9-8-23(33-24)30-18-4-6-20-17(11-18)13-29-34-20/h1-3,5,7-10,12,14,17-18,20,29,34H,4,6,11,13H2,(H,26,30,33)(H,27,31,35). The Kier molecular flexibility index (Phi) is 5.73. The monoisotopic (exact) mass is 467 g/mol. The van der Waals surface area contributed by atoms with Gasteiger partial charge in [0.05, 0.1) is 23.6 Å². The van der Waals surface area contributed by atoms with E-state index in [-0.39, 0.29) is 5.91 Å². The molecule has 4 heterocycles. The molecule has 3 aromatic heterocycles. The number of rotatable bonds is 5. The summed E-state index contributed by atoms with van der Waals surface area (Å²) in [6, 6.07) is 14.0. The molecule has 10 nitrogen and oxygen atoms in total. The third kappa shape index (κ3) is 4.66. The highest BCUT2D eigenvalue weighted by Gasteiger charge is 2.33. The Hall–Kier alpha value is -4.02. The number of carbonyl (C=O) groups excluding carboxylic acids is 1. The molecule has 6 rings (SSSR count). The predicted octanol–water partition coefficient (Wildman–Crippen LogP) is 2.79. The van der Waals surface area contributed by atoms with Crippen LogP contribution in [0.1, 0.15) is 29.8 Å². The molecule has 1 aliphatic heterocycles. The average molecular weight is 468 g/mol. The van der Waals surface area contributed by atoms with E-state index in [4.69, 9.17) is 4.98 Å². The van der Waals surface area contributed by atoms with E-state index in [1.54, 1.807) is 18.3 Å². The second-order valence-corrected chi connectivity index (χ2v) is 9.00. The van der Waals surface area contributed by atoms with Crippen molar-refractivity contribution in [1.29, 1.82) is 0 Å². The molecule has 4 N–H and O–H groups in total. The quantitative estimate of drug-likeness (QED) is 0.350. The van der Waals surface area contributed by atoms with Gasteiger partial charge in [-0.2, -0.15) is 10.2 Å². The van der Waals surface area contributed by atoms with Gasteiger partial charge in [0.2, 0.25) is 0 Å². The second kappa shape index (κ2) is 9.32. The van der Waals surface area contributed by atoms with Gasteiger partial charge >= 0.3 is 0 Å². The molecule has 1 saturated carbocycles. The van der Waals surface area contributed by atoms with Gasteiger partial charge in [-0.25, -0.2) is 15.0 Å². The molecule has 1 aromatic carbocycles. The maximum Gasteiger partial charge on any atom is 0.274 e. The van der Waals surface area contributed by atoms with Crippen molar-refractivity contribution in [3.63, 3.8) is 0 Å². The minimum absolute atomic E-state index is 0.310. The van der Waals surface area contributed by atoms with Crippen molar-refractivity contribution < 1.29 is 4.79 Å². The maximum absolute atomic E-state index is 12.7. The lowest BCUT2D eigenvalue weighted by molar-refractivity contribution is 0.102. The molecule has 35 heavy (non-hydrogen) atoms. The Bertz CT molecular complexity index is 1360. The van der Waals surface area contributed by atoms with E-state index in [1.807, 2.05) is 30.3 Å². The third-order valence-electron chi connectivity index (χ3n) is 6.67. The van der Waals surface area contributed by atoms with Gasteiger partial charge in [0.25, 0.3) is 5.91 Å². The van der Waals surface area contributed by atoms with E-state index < -0.39 is 0 Å². The number of amides is 1. The van der Waals surface area contributed by atoms with Gasteiger partial charge in [0, 0.05) is 35.8 Å². The van der Waals surface area contributed by atoms with Gasteiger partial charge in [0.15, 0.2) is 5.82 Å². The van der Waals surface area contributed by atoms with Gasteiger partial charge < -0.3 is 10.6 Å². The summed E-state index contributed by atoms with van der Waals surface area (Å²) in [5.74, 6) is 1.78. The van der Waals surface area contributed by atoms with Crippen LogP contribution in [0.4, 0.5) is 11.5 Å². The molecule has 1 saturated heterocycles. The number of hydrazine groups is 1. The fourth-order valence-corrected chi connectivity index (χ4v) is 4.86. The van der Waals surface area contributed by atoms with Crippen LogP contribution in [0.25, 0.3) is 22.3 Å². The molecule has 0 bridgehead atoms. The Labute approximate surface area is 202 Å². The van der Waals surface area contributed by atoms with E-state index in [0.29, 0.717) is 40.7 Å². The fourth-order valence-electron chi connectivity index (χ4n) is 4.86. The summed E-state index contributed by atoms with van der Waals surface area (Å²) in [5.41, 5.74) is 9.07. The van der Waals surface area contributed by atoms with E-state index in [9.17, 15) is 4.79 Å². The van der Waals surface area contributed by atoms with E-state index in [1.165, 1.54) is 12.4 Å². The van der Waals surface area contributed by atoms with Crippen molar-refractivity contribution >= 4 is 28.3 Å². The largest absolute Gasteiger partial charge is 0.367 e. The highest BCUT2D eigenvalue weighted by Crippen LogP contribution is 2.29. The van der Waals surface area contributed by atoms with E-state index in [0.717, 1.165) is 42.6 Å². The molecule has 176 valence electrons.